The summed E-state index contributed by atoms with van der Waals surface area (Å²) in [6.07, 6.45) is 3.73. The van der Waals surface area contributed by atoms with Crippen LogP contribution in [0.25, 0.3) is 0 Å². The van der Waals surface area contributed by atoms with Gasteiger partial charge in [0.2, 0.25) is 0 Å². The highest BCUT2D eigenvalue weighted by atomic mass is 32.2. The fraction of sp³-hybridized carbons (Fsp3) is 0.600. The van der Waals surface area contributed by atoms with E-state index in [1.54, 1.807) is 0 Å². The number of aliphatic hydroxyl groups is 1. The first-order chi connectivity index (χ1) is 9.68. The summed E-state index contributed by atoms with van der Waals surface area (Å²) in [5, 5.41) is 9.80. The molecule has 1 aliphatic carbocycles. The van der Waals surface area contributed by atoms with E-state index < -0.39 is 0 Å². The van der Waals surface area contributed by atoms with Crippen LogP contribution in [0.5, 0.6) is 11.5 Å². The second-order valence-electron chi connectivity index (χ2n) is 5.66. The summed E-state index contributed by atoms with van der Waals surface area (Å²) in [6, 6.07) is 6.12. The highest BCUT2D eigenvalue weighted by molar-refractivity contribution is 8.00. The predicted molar refractivity (Wildman–Crippen MR) is 79.5 cm³/mol. The van der Waals surface area contributed by atoms with Crippen LogP contribution in [0.15, 0.2) is 23.1 Å². The second-order valence-corrected chi connectivity index (χ2v) is 7.04. The van der Waals surface area contributed by atoms with Crippen molar-refractivity contribution in [2.45, 2.75) is 41.4 Å². The van der Waals surface area contributed by atoms with Gasteiger partial charge in [0.25, 0.3) is 0 Å². The van der Waals surface area contributed by atoms with E-state index >= 15 is 0 Å². The molecule has 0 radical (unpaired) electrons. The van der Waals surface area contributed by atoms with Gasteiger partial charge in [-0.1, -0.05) is 0 Å². The lowest BCUT2D eigenvalue weighted by molar-refractivity contribution is 0.200. The van der Waals surface area contributed by atoms with Gasteiger partial charge in [-0.25, -0.2) is 0 Å². The average Bonchev–Trinajstić information content (AvgIpc) is 2.68. The molecule has 0 bridgehead atoms. The maximum absolute atomic E-state index is 9.33. The number of benzene rings is 1. The van der Waals surface area contributed by atoms with Crippen molar-refractivity contribution < 1.29 is 14.6 Å². The fourth-order valence-corrected chi connectivity index (χ4v) is 4.12. The first-order valence-electron chi connectivity index (χ1n) is 7.15. The molecule has 0 saturated heterocycles. The summed E-state index contributed by atoms with van der Waals surface area (Å²) in [7, 11) is 0. The Hall–Kier alpha value is -0.910. The van der Waals surface area contributed by atoms with E-state index in [0.29, 0.717) is 18.5 Å². The molecule has 1 heterocycles. The van der Waals surface area contributed by atoms with Gasteiger partial charge in [-0.2, -0.15) is 0 Å². The minimum absolute atomic E-state index is 0.0746. The lowest BCUT2D eigenvalue weighted by Gasteiger charge is -2.20. The van der Waals surface area contributed by atoms with Gasteiger partial charge in [-0.3, -0.25) is 0 Å². The zero-order valence-electron chi connectivity index (χ0n) is 11.5. The van der Waals surface area contributed by atoms with E-state index in [1.807, 2.05) is 17.8 Å². The molecule has 1 saturated carbocycles. The van der Waals surface area contributed by atoms with E-state index in [4.69, 9.17) is 15.2 Å². The molecule has 1 aromatic rings. The zero-order chi connectivity index (χ0) is 14.0. The zero-order valence-corrected chi connectivity index (χ0v) is 12.3. The third-order valence-corrected chi connectivity index (χ3v) is 5.20. The smallest absolute Gasteiger partial charge is 0.162 e. The van der Waals surface area contributed by atoms with Crippen LogP contribution >= 0.6 is 11.8 Å². The minimum Gasteiger partial charge on any atom is -0.490 e. The molecule has 1 aromatic carbocycles. The Morgan fingerprint density at radius 3 is 2.85 bits per heavy atom. The first kappa shape index (κ1) is 14.0. The third-order valence-electron chi connectivity index (χ3n) is 3.94. The van der Waals surface area contributed by atoms with Gasteiger partial charge in [-0.15, -0.1) is 11.8 Å². The number of ether oxygens (including phenoxy) is 2. The first-order valence-corrected chi connectivity index (χ1v) is 8.03. The number of hydrogen-bond donors (Lipinski definition) is 2. The summed E-state index contributed by atoms with van der Waals surface area (Å²) in [6.45, 7) is 1.50. The van der Waals surface area contributed by atoms with Crippen molar-refractivity contribution in [3.63, 3.8) is 0 Å². The number of fused-ring (bicyclic) bond motifs is 1. The molecule has 3 rings (SSSR count). The van der Waals surface area contributed by atoms with Crippen molar-refractivity contribution in [1.82, 2.24) is 0 Å². The van der Waals surface area contributed by atoms with Gasteiger partial charge >= 0.3 is 0 Å². The van der Waals surface area contributed by atoms with E-state index in [0.717, 1.165) is 37.2 Å². The molecule has 110 valence electrons. The highest BCUT2D eigenvalue weighted by Gasteiger charge is 2.35. The number of rotatable bonds is 3. The maximum Gasteiger partial charge on any atom is 0.162 e. The molecule has 0 amide bonds. The van der Waals surface area contributed by atoms with Gasteiger partial charge in [0.1, 0.15) is 0 Å². The Morgan fingerprint density at radius 2 is 2.10 bits per heavy atom. The van der Waals surface area contributed by atoms with Crippen LogP contribution in [0.3, 0.4) is 0 Å². The van der Waals surface area contributed by atoms with Crippen molar-refractivity contribution in [1.29, 1.82) is 0 Å². The fourth-order valence-electron chi connectivity index (χ4n) is 2.76. The molecule has 1 aliphatic heterocycles. The Kier molecular flexibility index (Phi) is 4.10. The molecule has 2 unspecified atom stereocenters. The lowest BCUT2D eigenvalue weighted by atomic mass is 10.0. The Balaban J connectivity index is 1.68. The molecule has 1 fully saturated rings. The van der Waals surface area contributed by atoms with E-state index in [-0.39, 0.29) is 12.1 Å². The van der Waals surface area contributed by atoms with Gasteiger partial charge in [0, 0.05) is 22.1 Å². The van der Waals surface area contributed by atoms with Crippen molar-refractivity contribution in [2.75, 3.05) is 19.8 Å². The average molecular weight is 295 g/mol. The number of thioether (sulfide) groups is 1. The molecule has 20 heavy (non-hydrogen) atoms. The number of nitrogens with two attached hydrogens (primary N) is 1. The lowest BCUT2D eigenvalue weighted by Crippen LogP contribution is -2.40. The summed E-state index contributed by atoms with van der Waals surface area (Å²) in [5.74, 6) is 1.67. The molecule has 3 N–H and O–H groups in total. The molecule has 0 aromatic heterocycles. The van der Waals surface area contributed by atoms with Crippen LogP contribution in [0.2, 0.25) is 0 Å². The predicted octanol–water partition coefficient (Wildman–Crippen LogP) is 2.18. The number of aliphatic hydroxyl groups excluding tert-OH is 1. The van der Waals surface area contributed by atoms with E-state index in [2.05, 4.69) is 12.1 Å². The Morgan fingerprint density at radius 1 is 1.30 bits per heavy atom. The number of hydrogen-bond acceptors (Lipinski definition) is 5. The van der Waals surface area contributed by atoms with Crippen LogP contribution in [-0.2, 0) is 0 Å². The van der Waals surface area contributed by atoms with E-state index in [9.17, 15) is 5.11 Å². The summed E-state index contributed by atoms with van der Waals surface area (Å²) in [4.78, 5) is 1.18. The Bertz CT molecular complexity index is 482. The van der Waals surface area contributed by atoms with Gasteiger partial charge in [0.05, 0.1) is 19.8 Å². The van der Waals surface area contributed by atoms with Gasteiger partial charge < -0.3 is 20.3 Å². The molecule has 2 atom stereocenters. The molecular formula is C15H21NO3S. The van der Waals surface area contributed by atoms with Gasteiger partial charge in [0.15, 0.2) is 11.5 Å². The molecule has 2 aliphatic rings. The molecular weight excluding hydrogens is 274 g/mol. The molecule has 0 spiro atoms. The summed E-state index contributed by atoms with van der Waals surface area (Å²) >= 11 is 1.82. The quantitative estimate of drug-likeness (QED) is 0.895. The van der Waals surface area contributed by atoms with Crippen LogP contribution in [0.1, 0.15) is 25.7 Å². The molecule has 4 nitrogen and oxygen atoms in total. The van der Waals surface area contributed by atoms with E-state index in [1.165, 1.54) is 4.90 Å². The van der Waals surface area contributed by atoms with Crippen molar-refractivity contribution >= 4 is 11.8 Å². The maximum atomic E-state index is 9.33. The monoisotopic (exact) mass is 295 g/mol. The van der Waals surface area contributed by atoms with Crippen molar-refractivity contribution in [3.8, 4) is 11.5 Å². The second kappa shape index (κ2) is 5.84. The van der Waals surface area contributed by atoms with Crippen molar-refractivity contribution in [3.05, 3.63) is 18.2 Å². The van der Waals surface area contributed by atoms with Crippen LogP contribution in [0.4, 0.5) is 0 Å². The van der Waals surface area contributed by atoms with Crippen LogP contribution < -0.4 is 15.2 Å². The SMILES string of the molecule is NC1(CO)CCC(Sc2ccc3c(c2)OCCCO3)C1. The third kappa shape index (κ3) is 3.05. The van der Waals surface area contributed by atoms with Gasteiger partial charge in [-0.05, 0) is 37.5 Å². The Labute approximate surface area is 123 Å². The minimum atomic E-state index is -0.386. The van der Waals surface area contributed by atoms with Crippen LogP contribution in [0, 0.1) is 0 Å². The normalized spacial score (nSPS) is 29.2. The summed E-state index contributed by atoms with van der Waals surface area (Å²) < 4.78 is 11.3. The largest absolute Gasteiger partial charge is 0.490 e. The summed E-state index contributed by atoms with van der Waals surface area (Å²) in [5.41, 5.74) is 5.74. The topological polar surface area (TPSA) is 64.7 Å². The highest BCUT2D eigenvalue weighted by Crippen LogP contribution is 2.41. The molecule has 5 heteroatoms. The van der Waals surface area contributed by atoms with Crippen molar-refractivity contribution in [2.24, 2.45) is 5.73 Å². The van der Waals surface area contributed by atoms with Crippen LogP contribution in [-0.4, -0.2) is 35.7 Å². The standard InChI is InChI=1S/C15H21NO3S/c16-15(10-17)5-4-12(9-15)20-11-2-3-13-14(8-11)19-7-1-6-18-13/h2-3,8,12,17H,1,4-7,9-10,16H2.